The highest BCUT2D eigenvalue weighted by Crippen LogP contribution is 2.32. The minimum Gasteiger partial charge on any atom is -0.462 e. The summed E-state index contributed by atoms with van der Waals surface area (Å²) in [6.07, 6.45) is 0. The van der Waals surface area contributed by atoms with Crippen LogP contribution in [0.15, 0.2) is 12.1 Å². The van der Waals surface area contributed by atoms with E-state index in [0.29, 0.717) is 0 Å². The number of anilines is 1. The molecule has 1 aromatic rings. The lowest BCUT2D eigenvalue weighted by molar-refractivity contribution is -0.150. The number of hydrogen-bond acceptors (Lipinski definition) is 3. The SMILES string of the molecule is COC(=O)C(=O)Nc1cc(Cl)c(Cl)cc1Cl. The summed E-state index contributed by atoms with van der Waals surface area (Å²) in [6, 6.07) is 2.70. The zero-order valence-corrected chi connectivity index (χ0v) is 10.3. The highest BCUT2D eigenvalue weighted by atomic mass is 35.5. The van der Waals surface area contributed by atoms with Crippen LogP contribution in [0, 0.1) is 0 Å². The van der Waals surface area contributed by atoms with Crippen molar-refractivity contribution in [3.8, 4) is 0 Å². The summed E-state index contributed by atoms with van der Waals surface area (Å²) in [7, 11) is 1.10. The van der Waals surface area contributed by atoms with E-state index < -0.39 is 11.9 Å². The van der Waals surface area contributed by atoms with Gasteiger partial charge in [-0.3, -0.25) is 4.79 Å². The molecule has 7 heteroatoms. The van der Waals surface area contributed by atoms with Crippen molar-refractivity contribution >= 4 is 52.4 Å². The molecule has 0 spiro atoms. The minimum atomic E-state index is -1.03. The van der Waals surface area contributed by atoms with Gasteiger partial charge in [0.05, 0.1) is 27.9 Å². The maximum atomic E-state index is 11.2. The van der Waals surface area contributed by atoms with Gasteiger partial charge in [0.25, 0.3) is 0 Å². The molecular formula is C9H6Cl3NO3. The first-order valence-electron chi connectivity index (χ1n) is 3.99. The highest BCUT2D eigenvalue weighted by Gasteiger charge is 2.16. The standard InChI is InChI=1S/C9H6Cl3NO3/c1-16-9(15)8(14)13-7-3-5(11)4(10)2-6(7)12/h2-3H,1H3,(H,13,14). The normalized spacial score (nSPS) is 9.75. The lowest BCUT2D eigenvalue weighted by Crippen LogP contribution is -2.23. The zero-order valence-electron chi connectivity index (χ0n) is 8.01. The van der Waals surface area contributed by atoms with E-state index in [2.05, 4.69) is 10.1 Å². The van der Waals surface area contributed by atoms with E-state index in [1.54, 1.807) is 0 Å². The number of hydrogen-bond donors (Lipinski definition) is 1. The molecule has 1 aromatic carbocycles. The molecule has 0 radical (unpaired) electrons. The Morgan fingerprint density at radius 2 is 1.69 bits per heavy atom. The molecule has 1 amide bonds. The zero-order chi connectivity index (χ0) is 12.3. The van der Waals surface area contributed by atoms with Crippen molar-refractivity contribution < 1.29 is 14.3 Å². The second-order valence-electron chi connectivity index (χ2n) is 2.69. The van der Waals surface area contributed by atoms with Gasteiger partial charge in [0.1, 0.15) is 0 Å². The Kier molecular flexibility index (Phi) is 4.41. The molecule has 4 nitrogen and oxygen atoms in total. The molecule has 0 saturated carbocycles. The Hall–Kier alpha value is -0.970. The topological polar surface area (TPSA) is 55.4 Å². The first-order valence-corrected chi connectivity index (χ1v) is 5.13. The van der Waals surface area contributed by atoms with E-state index in [1.165, 1.54) is 12.1 Å². The van der Waals surface area contributed by atoms with Gasteiger partial charge in [-0.25, -0.2) is 4.79 Å². The molecule has 0 fully saturated rings. The summed E-state index contributed by atoms with van der Waals surface area (Å²) in [4.78, 5) is 22.0. The van der Waals surface area contributed by atoms with Crippen LogP contribution in [-0.4, -0.2) is 19.0 Å². The summed E-state index contributed by atoms with van der Waals surface area (Å²) < 4.78 is 4.22. The van der Waals surface area contributed by atoms with Crippen molar-refractivity contribution in [3.63, 3.8) is 0 Å². The third-order valence-electron chi connectivity index (χ3n) is 1.63. The van der Waals surface area contributed by atoms with E-state index in [4.69, 9.17) is 34.8 Å². The number of rotatable bonds is 1. The van der Waals surface area contributed by atoms with Gasteiger partial charge < -0.3 is 10.1 Å². The van der Waals surface area contributed by atoms with Gasteiger partial charge in [0.15, 0.2) is 0 Å². The van der Waals surface area contributed by atoms with Gasteiger partial charge >= 0.3 is 11.9 Å². The summed E-state index contributed by atoms with van der Waals surface area (Å²) in [5, 5.41) is 2.88. The van der Waals surface area contributed by atoms with Gasteiger partial charge in [-0.1, -0.05) is 34.8 Å². The fraction of sp³-hybridized carbons (Fsp3) is 0.111. The second kappa shape index (κ2) is 5.39. The Bertz CT molecular complexity index is 448. The molecule has 0 aliphatic heterocycles. The molecule has 0 aliphatic carbocycles. The molecule has 0 unspecified atom stereocenters. The summed E-state index contributed by atoms with van der Waals surface area (Å²) in [5.74, 6) is -1.97. The van der Waals surface area contributed by atoms with Crippen LogP contribution in [0.2, 0.25) is 15.1 Å². The average Bonchev–Trinajstić information content (AvgIpc) is 2.24. The lowest BCUT2D eigenvalue weighted by atomic mass is 10.3. The van der Waals surface area contributed by atoms with Crippen LogP contribution in [0.3, 0.4) is 0 Å². The summed E-state index contributed by atoms with van der Waals surface area (Å²) >= 11 is 17.2. The van der Waals surface area contributed by atoms with Crippen molar-refractivity contribution in [2.75, 3.05) is 12.4 Å². The van der Waals surface area contributed by atoms with Gasteiger partial charge in [0.2, 0.25) is 0 Å². The number of carbonyl (C=O) groups excluding carboxylic acids is 2. The van der Waals surface area contributed by atoms with Crippen molar-refractivity contribution in [2.24, 2.45) is 0 Å². The number of halogens is 3. The summed E-state index contributed by atoms with van der Waals surface area (Å²) in [6.45, 7) is 0. The predicted molar refractivity (Wildman–Crippen MR) is 62.1 cm³/mol. The Morgan fingerprint density at radius 1 is 1.12 bits per heavy atom. The third-order valence-corrected chi connectivity index (χ3v) is 2.66. The van der Waals surface area contributed by atoms with Crippen LogP contribution in [0.4, 0.5) is 5.69 Å². The maximum absolute atomic E-state index is 11.2. The van der Waals surface area contributed by atoms with Crippen LogP contribution in [0.5, 0.6) is 0 Å². The molecule has 1 rings (SSSR count). The van der Waals surface area contributed by atoms with Gasteiger partial charge in [-0.2, -0.15) is 0 Å². The van der Waals surface area contributed by atoms with Crippen LogP contribution in [0.25, 0.3) is 0 Å². The molecule has 0 atom stereocenters. The number of nitrogens with one attached hydrogen (secondary N) is 1. The van der Waals surface area contributed by atoms with Crippen LogP contribution in [0.1, 0.15) is 0 Å². The van der Waals surface area contributed by atoms with Gasteiger partial charge in [-0.15, -0.1) is 0 Å². The number of methoxy groups -OCH3 is 1. The number of esters is 1. The Balaban J connectivity index is 2.94. The third kappa shape index (κ3) is 3.01. The molecule has 0 aromatic heterocycles. The predicted octanol–water partition coefficient (Wildman–Crippen LogP) is 2.76. The van der Waals surface area contributed by atoms with E-state index in [1.807, 2.05) is 0 Å². The molecule has 0 saturated heterocycles. The smallest absolute Gasteiger partial charge is 0.396 e. The van der Waals surface area contributed by atoms with E-state index in [-0.39, 0.29) is 20.8 Å². The molecular weight excluding hydrogens is 276 g/mol. The Morgan fingerprint density at radius 3 is 2.25 bits per heavy atom. The van der Waals surface area contributed by atoms with Crippen molar-refractivity contribution in [2.45, 2.75) is 0 Å². The molecule has 1 N–H and O–H groups in total. The van der Waals surface area contributed by atoms with Crippen LogP contribution in [-0.2, 0) is 14.3 Å². The summed E-state index contributed by atoms with van der Waals surface area (Å²) in [5.41, 5.74) is 0.187. The van der Waals surface area contributed by atoms with E-state index in [0.717, 1.165) is 7.11 Å². The fourth-order valence-electron chi connectivity index (χ4n) is 0.884. The monoisotopic (exact) mass is 281 g/mol. The minimum absolute atomic E-state index is 0.173. The van der Waals surface area contributed by atoms with Crippen LogP contribution >= 0.6 is 34.8 Å². The largest absolute Gasteiger partial charge is 0.462 e. The quantitative estimate of drug-likeness (QED) is 0.489. The number of carbonyl (C=O) groups is 2. The van der Waals surface area contributed by atoms with Gasteiger partial charge in [-0.05, 0) is 12.1 Å². The molecule has 16 heavy (non-hydrogen) atoms. The lowest BCUT2D eigenvalue weighted by Gasteiger charge is -2.07. The number of amides is 1. The van der Waals surface area contributed by atoms with E-state index in [9.17, 15) is 9.59 Å². The van der Waals surface area contributed by atoms with Crippen molar-refractivity contribution in [3.05, 3.63) is 27.2 Å². The first-order chi connectivity index (χ1) is 7.45. The first kappa shape index (κ1) is 13.1. The van der Waals surface area contributed by atoms with Crippen LogP contribution < -0.4 is 5.32 Å². The number of benzene rings is 1. The van der Waals surface area contributed by atoms with E-state index >= 15 is 0 Å². The molecule has 86 valence electrons. The van der Waals surface area contributed by atoms with Crippen molar-refractivity contribution in [1.82, 2.24) is 0 Å². The van der Waals surface area contributed by atoms with Crippen molar-refractivity contribution in [1.29, 1.82) is 0 Å². The molecule has 0 aliphatic rings. The molecule has 0 heterocycles. The highest BCUT2D eigenvalue weighted by molar-refractivity contribution is 6.45. The number of ether oxygens (including phenoxy) is 1. The Labute approximate surface area is 106 Å². The molecule has 0 bridgehead atoms. The second-order valence-corrected chi connectivity index (χ2v) is 3.91. The fourth-order valence-corrected chi connectivity index (χ4v) is 1.48. The average molecular weight is 283 g/mol. The maximum Gasteiger partial charge on any atom is 0.396 e. The van der Waals surface area contributed by atoms with Gasteiger partial charge in [0, 0.05) is 0 Å².